The number of aryl methyl sites for hydroxylation is 2. The Morgan fingerprint density at radius 3 is 2.67 bits per heavy atom. The van der Waals surface area contributed by atoms with Crippen molar-refractivity contribution in [3.8, 4) is 0 Å². The van der Waals surface area contributed by atoms with E-state index in [-0.39, 0.29) is 17.1 Å². The molecule has 0 unspecified atom stereocenters. The fraction of sp³-hybridized carbons (Fsp3) is 0.312. The molecule has 0 saturated carbocycles. The summed E-state index contributed by atoms with van der Waals surface area (Å²) in [6, 6.07) is 8.99. The highest BCUT2D eigenvalue weighted by molar-refractivity contribution is 7.99. The van der Waals surface area contributed by atoms with E-state index in [2.05, 4.69) is 9.97 Å². The van der Waals surface area contributed by atoms with Gasteiger partial charge < -0.3 is 4.98 Å². The molecule has 1 aromatic heterocycles. The fourth-order valence-corrected chi connectivity index (χ4v) is 2.68. The monoisotopic (exact) mass is 302 g/mol. The maximum Gasteiger partial charge on any atom is 0.251 e. The van der Waals surface area contributed by atoms with Gasteiger partial charge in [0.1, 0.15) is 0 Å². The van der Waals surface area contributed by atoms with Crippen LogP contribution < -0.4 is 5.56 Å². The van der Waals surface area contributed by atoms with E-state index in [1.54, 1.807) is 0 Å². The third kappa shape index (κ3) is 4.56. The minimum Gasteiger partial charge on any atom is -0.301 e. The van der Waals surface area contributed by atoms with Crippen molar-refractivity contribution in [2.45, 2.75) is 31.8 Å². The maximum absolute atomic E-state index is 12.1. The van der Waals surface area contributed by atoms with Crippen LogP contribution in [0.1, 0.15) is 35.0 Å². The molecule has 0 fully saturated rings. The summed E-state index contributed by atoms with van der Waals surface area (Å²) in [5.41, 5.74) is 2.41. The van der Waals surface area contributed by atoms with Gasteiger partial charge in [-0.15, -0.1) is 0 Å². The topological polar surface area (TPSA) is 62.8 Å². The molecule has 0 aliphatic rings. The minimum atomic E-state index is -0.168. The first-order valence-corrected chi connectivity index (χ1v) is 7.90. The Labute approximate surface area is 128 Å². The smallest absolute Gasteiger partial charge is 0.251 e. The molecular weight excluding hydrogens is 284 g/mol. The first-order chi connectivity index (χ1) is 10.1. The molecule has 0 radical (unpaired) electrons. The summed E-state index contributed by atoms with van der Waals surface area (Å²) >= 11 is 1.27. The Morgan fingerprint density at radius 2 is 2.00 bits per heavy atom. The first kappa shape index (κ1) is 15.5. The van der Waals surface area contributed by atoms with Crippen LogP contribution >= 0.6 is 11.8 Å². The summed E-state index contributed by atoms with van der Waals surface area (Å²) < 4.78 is 0. The van der Waals surface area contributed by atoms with Crippen molar-refractivity contribution in [1.82, 2.24) is 9.97 Å². The molecule has 5 heteroatoms. The number of nitrogens with one attached hydrogen (secondary N) is 1. The van der Waals surface area contributed by atoms with Crippen LogP contribution in [0.3, 0.4) is 0 Å². The molecule has 1 heterocycles. The quantitative estimate of drug-likeness (QED) is 0.506. The fourth-order valence-electron chi connectivity index (χ4n) is 1.89. The number of benzene rings is 1. The lowest BCUT2D eigenvalue weighted by molar-refractivity contribution is 0.102. The average Bonchev–Trinajstić information content (AvgIpc) is 2.45. The van der Waals surface area contributed by atoms with E-state index in [0.717, 1.165) is 24.1 Å². The van der Waals surface area contributed by atoms with Crippen molar-refractivity contribution in [3.63, 3.8) is 0 Å². The van der Waals surface area contributed by atoms with Crippen LogP contribution in [0.15, 0.2) is 40.3 Å². The second-order valence-corrected chi connectivity index (χ2v) is 5.83. The molecule has 0 saturated heterocycles. The van der Waals surface area contributed by atoms with Gasteiger partial charge in [-0.3, -0.25) is 9.59 Å². The van der Waals surface area contributed by atoms with E-state index in [1.165, 1.54) is 17.8 Å². The molecule has 4 nitrogen and oxygen atoms in total. The normalized spacial score (nSPS) is 10.6. The molecule has 0 aliphatic carbocycles. The summed E-state index contributed by atoms with van der Waals surface area (Å²) in [6.45, 7) is 4.02. The molecule has 0 aliphatic heterocycles. The second-order valence-electron chi connectivity index (χ2n) is 4.87. The number of thioether (sulfide) groups is 1. The van der Waals surface area contributed by atoms with Crippen LogP contribution in [0.25, 0.3) is 0 Å². The van der Waals surface area contributed by atoms with Gasteiger partial charge in [-0.2, -0.15) is 0 Å². The Morgan fingerprint density at radius 1 is 1.29 bits per heavy atom. The van der Waals surface area contributed by atoms with E-state index in [4.69, 9.17) is 0 Å². The molecule has 110 valence electrons. The first-order valence-electron chi connectivity index (χ1n) is 6.91. The van der Waals surface area contributed by atoms with E-state index >= 15 is 0 Å². The standard InChI is InChI=1S/C16H18N2O2S/c1-3-4-13-9-15(20)18-16(17-13)21-10-14(19)12-7-5-11(2)6-8-12/h5-9H,3-4,10H2,1-2H3,(H,17,18,20). The number of hydrogen-bond donors (Lipinski definition) is 1. The van der Waals surface area contributed by atoms with Gasteiger partial charge in [-0.25, -0.2) is 4.98 Å². The van der Waals surface area contributed by atoms with Gasteiger partial charge in [0.15, 0.2) is 10.9 Å². The Balaban J connectivity index is 2.04. The van der Waals surface area contributed by atoms with Crippen LogP contribution in [-0.2, 0) is 6.42 Å². The van der Waals surface area contributed by atoms with Gasteiger partial charge in [0.25, 0.3) is 5.56 Å². The van der Waals surface area contributed by atoms with Crippen molar-refractivity contribution in [3.05, 3.63) is 57.5 Å². The third-order valence-corrected chi connectivity index (χ3v) is 3.87. The number of carbonyl (C=O) groups is 1. The lowest BCUT2D eigenvalue weighted by atomic mass is 10.1. The SMILES string of the molecule is CCCc1cc(=O)[nH]c(SCC(=O)c2ccc(C)cc2)n1. The van der Waals surface area contributed by atoms with Crippen LogP contribution in [0.4, 0.5) is 0 Å². The summed E-state index contributed by atoms with van der Waals surface area (Å²) in [6.07, 6.45) is 1.70. The lowest BCUT2D eigenvalue weighted by Gasteiger charge is -2.03. The maximum atomic E-state index is 12.1. The van der Waals surface area contributed by atoms with Gasteiger partial charge >= 0.3 is 0 Å². The number of carbonyl (C=O) groups excluding carboxylic acids is 1. The van der Waals surface area contributed by atoms with Gasteiger partial charge in [-0.05, 0) is 13.3 Å². The predicted molar refractivity (Wildman–Crippen MR) is 85.1 cm³/mol. The Kier molecular flexibility index (Phi) is 5.33. The number of rotatable bonds is 6. The van der Waals surface area contributed by atoms with Gasteiger partial charge in [0.2, 0.25) is 0 Å². The Hall–Kier alpha value is -1.88. The van der Waals surface area contributed by atoms with Crippen LogP contribution in [0.5, 0.6) is 0 Å². The zero-order chi connectivity index (χ0) is 15.2. The number of nitrogens with zero attached hydrogens (tertiary/aromatic N) is 1. The van der Waals surface area contributed by atoms with Gasteiger partial charge in [0.05, 0.1) is 5.75 Å². The van der Waals surface area contributed by atoms with Crippen molar-refractivity contribution in [2.75, 3.05) is 5.75 Å². The zero-order valence-corrected chi connectivity index (χ0v) is 13.0. The van der Waals surface area contributed by atoms with E-state index in [0.29, 0.717) is 10.7 Å². The molecule has 0 amide bonds. The number of aromatic amines is 1. The highest BCUT2D eigenvalue weighted by atomic mass is 32.2. The summed E-state index contributed by atoms with van der Waals surface area (Å²) in [7, 11) is 0. The van der Waals surface area contributed by atoms with E-state index < -0.39 is 0 Å². The van der Waals surface area contributed by atoms with E-state index in [9.17, 15) is 9.59 Å². The second kappa shape index (κ2) is 7.22. The van der Waals surface area contributed by atoms with Crippen molar-refractivity contribution in [1.29, 1.82) is 0 Å². The van der Waals surface area contributed by atoms with Crippen molar-refractivity contribution < 1.29 is 4.79 Å². The van der Waals surface area contributed by atoms with Crippen LogP contribution in [0.2, 0.25) is 0 Å². The number of aromatic nitrogens is 2. The lowest BCUT2D eigenvalue weighted by Crippen LogP contribution is -2.11. The molecule has 0 atom stereocenters. The molecule has 21 heavy (non-hydrogen) atoms. The molecular formula is C16H18N2O2S. The number of ketones is 1. The van der Waals surface area contributed by atoms with E-state index in [1.807, 2.05) is 38.1 Å². The van der Waals surface area contributed by atoms with Crippen molar-refractivity contribution >= 4 is 17.5 Å². The molecule has 1 aromatic carbocycles. The average molecular weight is 302 g/mol. The minimum absolute atomic E-state index is 0.0311. The molecule has 0 bridgehead atoms. The number of H-pyrrole nitrogens is 1. The van der Waals surface area contributed by atoms with Gasteiger partial charge in [-0.1, -0.05) is 54.9 Å². The van der Waals surface area contributed by atoms with Crippen LogP contribution in [-0.4, -0.2) is 21.5 Å². The molecule has 2 aromatic rings. The summed E-state index contributed by atoms with van der Waals surface area (Å²) in [4.78, 5) is 30.7. The van der Waals surface area contributed by atoms with Crippen LogP contribution in [0, 0.1) is 6.92 Å². The number of hydrogen-bond acceptors (Lipinski definition) is 4. The summed E-state index contributed by atoms with van der Waals surface area (Å²) in [5.74, 6) is 0.297. The largest absolute Gasteiger partial charge is 0.301 e. The predicted octanol–water partition coefficient (Wildman–Crippen LogP) is 3.01. The highest BCUT2D eigenvalue weighted by Crippen LogP contribution is 2.15. The van der Waals surface area contributed by atoms with Gasteiger partial charge in [0, 0.05) is 17.3 Å². The third-order valence-electron chi connectivity index (χ3n) is 2.99. The number of Topliss-reactive ketones (excluding diaryl/α,β-unsaturated/α-hetero) is 1. The highest BCUT2D eigenvalue weighted by Gasteiger charge is 2.08. The molecule has 0 spiro atoms. The van der Waals surface area contributed by atoms with Crippen molar-refractivity contribution in [2.24, 2.45) is 0 Å². The summed E-state index contributed by atoms with van der Waals surface area (Å²) in [5, 5.41) is 0.506. The molecule has 2 rings (SSSR count). The Bertz CT molecular complexity index is 677. The zero-order valence-electron chi connectivity index (χ0n) is 12.2. The molecule has 1 N–H and O–H groups in total.